The van der Waals surface area contributed by atoms with Gasteiger partial charge in [-0.1, -0.05) is 0 Å². The average Bonchev–Trinajstić information content (AvgIpc) is 2.42. The number of ketones is 1. The zero-order valence-corrected chi connectivity index (χ0v) is 10.7. The van der Waals surface area contributed by atoms with Crippen LogP contribution < -0.4 is 5.32 Å². The summed E-state index contributed by atoms with van der Waals surface area (Å²) >= 11 is 0. The molecule has 0 saturated heterocycles. The Morgan fingerprint density at radius 2 is 1.90 bits per heavy atom. The number of carbonyl (C=O) groups is 3. The van der Waals surface area contributed by atoms with E-state index in [-0.39, 0.29) is 24.9 Å². The van der Waals surface area contributed by atoms with Crippen LogP contribution in [0, 0.1) is 11.6 Å². The lowest BCUT2D eigenvalue weighted by atomic mass is 10.2. The Bertz CT molecular complexity index is 531. The Labute approximate surface area is 113 Å². The number of rotatable bonds is 6. The molecule has 1 aromatic carbocycles. The lowest BCUT2D eigenvalue weighted by Crippen LogP contribution is -2.30. The molecule has 20 heavy (non-hydrogen) atoms. The first-order valence-corrected chi connectivity index (χ1v) is 5.75. The fraction of sp³-hybridized carbons (Fsp3) is 0.308. The Morgan fingerprint density at radius 3 is 2.50 bits per heavy atom. The van der Waals surface area contributed by atoms with E-state index in [1.54, 1.807) is 0 Å². The molecule has 1 amide bonds. The molecule has 0 aliphatic rings. The van der Waals surface area contributed by atoms with Crippen LogP contribution in [0.2, 0.25) is 0 Å². The van der Waals surface area contributed by atoms with E-state index in [1.165, 1.54) is 7.11 Å². The predicted octanol–water partition coefficient (Wildman–Crippen LogP) is 1.22. The minimum Gasteiger partial charge on any atom is -0.469 e. The number of benzene rings is 1. The van der Waals surface area contributed by atoms with Gasteiger partial charge in [-0.15, -0.1) is 0 Å². The molecule has 0 aliphatic carbocycles. The number of carbonyl (C=O) groups excluding carboxylic acids is 3. The van der Waals surface area contributed by atoms with Gasteiger partial charge in [-0.3, -0.25) is 14.4 Å². The van der Waals surface area contributed by atoms with Gasteiger partial charge in [-0.05, 0) is 12.1 Å². The van der Waals surface area contributed by atoms with E-state index in [2.05, 4.69) is 10.1 Å². The number of esters is 1. The molecule has 0 aliphatic heterocycles. The quantitative estimate of drug-likeness (QED) is 0.798. The molecule has 5 nitrogen and oxygen atoms in total. The van der Waals surface area contributed by atoms with Gasteiger partial charge in [0.1, 0.15) is 11.6 Å². The second-order valence-electron chi connectivity index (χ2n) is 3.92. The second kappa shape index (κ2) is 7.32. The monoisotopic (exact) mass is 285 g/mol. The highest BCUT2D eigenvalue weighted by molar-refractivity contribution is 5.97. The van der Waals surface area contributed by atoms with Gasteiger partial charge >= 0.3 is 5.97 Å². The van der Waals surface area contributed by atoms with Gasteiger partial charge in [-0.25, -0.2) is 8.78 Å². The number of nitrogens with one attached hydrogen (secondary N) is 1. The zero-order chi connectivity index (χ0) is 15.1. The van der Waals surface area contributed by atoms with Crippen molar-refractivity contribution < 1.29 is 27.9 Å². The number of hydrogen-bond acceptors (Lipinski definition) is 4. The molecule has 108 valence electrons. The van der Waals surface area contributed by atoms with Crippen LogP contribution in [0.25, 0.3) is 0 Å². The van der Waals surface area contributed by atoms with Crippen LogP contribution >= 0.6 is 0 Å². The van der Waals surface area contributed by atoms with Crippen molar-refractivity contribution in [3.63, 3.8) is 0 Å². The molecule has 1 N–H and O–H groups in total. The molecule has 0 unspecified atom stereocenters. The molecule has 0 fully saturated rings. The van der Waals surface area contributed by atoms with Crippen LogP contribution in [0.1, 0.15) is 23.2 Å². The van der Waals surface area contributed by atoms with E-state index < -0.39 is 29.3 Å². The third-order valence-electron chi connectivity index (χ3n) is 2.46. The van der Waals surface area contributed by atoms with Crippen LogP contribution in [-0.4, -0.2) is 31.3 Å². The first-order valence-electron chi connectivity index (χ1n) is 5.75. The molecular formula is C13H13F2NO4. The second-order valence-corrected chi connectivity index (χ2v) is 3.92. The van der Waals surface area contributed by atoms with E-state index in [1.807, 2.05) is 0 Å². The smallest absolute Gasteiger partial charge is 0.305 e. The van der Waals surface area contributed by atoms with Crippen LogP contribution in [0.15, 0.2) is 18.2 Å². The Morgan fingerprint density at radius 1 is 1.20 bits per heavy atom. The lowest BCUT2D eigenvalue weighted by molar-refractivity contribution is -0.141. The van der Waals surface area contributed by atoms with Crippen molar-refractivity contribution in [2.45, 2.75) is 12.8 Å². The standard InChI is InChI=1S/C13H13F2NO4/c1-20-12(18)5-3-9(17)7-16-13(19)10-4-2-8(14)6-11(10)15/h2,4,6H,3,5,7H2,1H3,(H,16,19). The summed E-state index contributed by atoms with van der Waals surface area (Å²) in [5.74, 6) is -3.56. The number of hydrogen-bond donors (Lipinski definition) is 1. The van der Waals surface area contributed by atoms with Crippen molar-refractivity contribution in [2.75, 3.05) is 13.7 Å². The summed E-state index contributed by atoms with van der Waals surface area (Å²) in [5, 5.41) is 2.20. The highest BCUT2D eigenvalue weighted by Gasteiger charge is 2.14. The van der Waals surface area contributed by atoms with Crippen molar-refractivity contribution in [1.82, 2.24) is 5.32 Å². The third kappa shape index (κ3) is 4.75. The largest absolute Gasteiger partial charge is 0.469 e. The normalized spacial score (nSPS) is 9.95. The van der Waals surface area contributed by atoms with E-state index in [9.17, 15) is 23.2 Å². The summed E-state index contributed by atoms with van der Waals surface area (Å²) in [6.45, 7) is -0.341. The summed E-state index contributed by atoms with van der Waals surface area (Å²) < 4.78 is 30.3. The van der Waals surface area contributed by atoms with Crippen LogP contribution in [-0.2, 0) is 14.3 Å². The van der Waals surface area contributed by atoms with Crippen molar-refractivity contribution in [2.24, 2.45) is 0 Å². The summed E-state index contributed by atoms with van der Waals surface area (Å²) in [5.41, 5.74) is -0.354. The maximum atomic E-state index is 13.3. The first kappa shape index (κ1) is 15.7. The number of amides is 1. The summed E-state index contributed by atoms with van der Waals surface area (Å²) in [4.78, 5) is 33.7. The SMILES string of the molecule is COC(=O)CCC(=O)CNC(=O)c1ccc(F)cc1F. The van der Waals surface area contributed by atoms with E-state index >= 15 is 0 Å². The molecular weight excluding hydrogens is 272 g/mol. The molecule has 1 rings (SSSR count). The van der Waals surface area contributed by atoms with Gasteiger partial charge in [0.25, 0.3) is 5.91 Å². The average molecular weight is 285 g/mol. The Balaban J connectivity index is 2.47. The van der Waals surface area contributed by atoms with Crippen LogP contribution in [0.5, 0.6) is 0 Å². The molecule has 0 saturated carbocycles. The van der Waals surface area contributed by atoms with Gasteiger partial charge in [0, 0.05) is 12.5 Å². The Kier molecular flexibility index (Phi) is 5.76. The van der Waals surface area contributed by atoms with Gasteiger partial charge in [0.15, 0.2) is 5.78 Å². The fourth-order valence-corrected chi connectivity index (χ4v) is 1.38. The summed E-state index contributed by atoms with van der Waals surface area (Å²) in [6.07, 6.45) is -0.172. The molecule has 0 spiro atoms. The van der Waals surface area contributed by atoms with E-state index in [4.69, 9.17) is 0 Å². The summed E-state index contributed by atoms with van der Waals surface area (Å²) in [7, 11) is 1.20. The van der Waals surface area contributed by atoms with Gasteiger partial charge in [0.05, 0.1) is 25.6 Å². The number of ether oxygens (including phenoxy) is 1. The summed E-state index contributed by atoms with van der Waals surface area (Å²) in [6, 6.07) is 2.50. The van der Waals surface area contributed by atoms with Gasteiger partial charge in [-0.2, -0.15) is 0 Å². The highest BCUT2D eigenvalue weighted by atomic mass is 19.1. The molecule has 1 aromatic rings. The first-order chi connectivity index (χ1) is 9.43. The van der Waals surface area contributed by atoms with Crippen LogP contribution in [0.4, 0.5) is 8.78 Å². The number of methoxy groups -OCH3 is 1. The topological polar surface area (TPSA) is 72.5 Å². The lowest BCUT2D eigenvalue weighted by Gasteiger charge is -2.05. The van der Waals surface area contributed by atoms with Crippen LogP contribution in [0.3, 0.4) is 0 Å². The van der Waals surface area contributed by atoms with E-state index in [0.717, 1.165) is 12.1 Å². The van der Waals surface area contributed by atoms with Crippen molar-refractivity contribution in [3.05, 3.63) is 35.4 Å². The minimum atomic E-state index is -1.01. The predicted molar refractivity (Wildman–Crippen MR) is 64.9 cm³/mol. The molecule has 0 heterocycles. The fourth-order valence-electron chi connectivity index (χ4n) is 1.38. The third-order valence-corrected chi connectivity index (χ3v) is 2.46. The molecule has 0 bridgehead atoms. The highest BCUT2D eigenvalue weighted by Crippen LogP contribution is 2.09. The number of Topliss-reactive ketones (excluding diaryl/α,β-unsaturated/α-hetero) is 1. The van der Waals surface area contributed by atoms with Gasteiger partial charge < -0.3 is 10.1 Å². The Hall–Kier alpha value is -2.31. The van der Waals surface area contributed by atoms with Gasteiger partial charge in [0.2, 0.25) is 0 Å². The maximum Gasteiger partial charge on any atom is 0.305 e. The number of halogens is 2. The van der Waals surface area contributed by atoms with E-state index in [0.29, 0.717) is 6.07 Å². The van der Waals surface area contributed by atoms with Crippen molar-refractivity contribution >= 4 is 17.7 Å². The maximum absolute atomic E-state index is 13.3. The molecule has 0 atom stereocenters. The molecule has 7 heteroatoms. The zero-order valence-electron chi connectivity index (χ0n) is 10.7. The molecule has 0 aromatic heterocycles. The van der Waals surface area contributed by atoms with Crippen molar-refractivity contribution in [3.8, 4) is 0 Å². The molecule has 0 radical (unpaired) electrons. The minimum absolute atomic E-state index is 0.0845. The van der Waals surface area contributed by atoms with Crippen molar-refractivity contribution in [1.29, 1.82) is 0 Å².